The maximum absolute atomic E-state index is 10.6. The lowest BCUT2D eigenvalue weighted by atomic mass is 9.89. The minimum Gasteiger partial charge on any atom is -0.481 e. The van der Waals surface area contributed by atoms with Crippen LogP contribution in [0.4, 0.5) is 0 Å². The van der Waals surface area contributed by atoms with Gasteiger partial charge in [0.1, 0.15) is 12.2 Å². The van der Waals surface area contributed by atoms with E-state index in [1.165, 1.54) is 19.1 Å². The zero-order chi connectivity index (χ0) is 10.0. The quantitative estimate of drug-likeness (QED) is 0.561. The summed E-state index contributed by atoms with van der Waals surface area (Å²) in [5.41, 5.74) is 0.336. The second-order valence-corrected chi connectivity index (χ2v) is 3.05. The van der Waals surface area contributed by atoms with E-state index in [0.29, 0.717) is 5.57 Å². The first kappa shape index (κ1) is 9.95. The number of carbonyl (C=O) groups is 1. The summed E-state index contributed by atoms with van der Waals surface area (Å²) in [6.45, 7) is 1.48. The molecule has 1 rings (SSSR count). The van der Waals surface area contributed by atoms with Crippen molar-refractivity contribution >= 4 is 5.97 Å². The van der Waals surface area contributed by atoms with E-state index in [0.717, 1.165) is 0 Å². The van der Waals surface area contributed by atoms with Gasteiger partial charge in [-0.3, -0.25) is 4.79 Å². The van der Waals surface area contributed by atoms with Crippen molar-refractivity contribution in [1.82, 2.24) is 0 Å². The number of carboxylic acids is 1. The van der Waals surface area contributed by atoms with Gasteiger partial charge in [0.05, 0.1) is 5.92 Å². The molecular weight excluding hydrogens is 172 g/mol. The molecule has 1 aliphatic carbocycles. The molecule has 4 nitrogen and oxygen atoms in total. The molecule has 3 atom stereocenters. The molecule has 0 bridgehead atoms. The van der Waals surface area contributed by atoms with Gasteiger partial charge >= 0.3 is 5.97 Å². The van der Waals surface area contributed by atoms with Crippen LogP contribution >= 0.6 is 0 Å². The van der Waals surface area contributed by atoms with Crippen LogP contribution in [0.5, 0.6) is 0 Å². The average molecular weight is 184 g/mol. The molecular formula is C9H12O4. The molecule has 0 radical (unpaired) electrons. The first-order chi connectivity index (χ1) is 6.04. The highest BCUT2D eigenvalue weighted by Crippen LogP contribution is 2.21. The summed E-state index contributed by atoms with van der Waals surface area (Å²) in [6.07, 6.45) is 2.39. The second-order valence-electron chi connectivity index (χ2n) is 3.05. The van der Waals surface area contributed by atoms with E-state index in [1.807, 2.05) is 0 Å². The Balaban J connectivity index is 2.85. The fourth-order valence-electron chi connectivity index (χ4n) is 1.22. The van der Waals surface area contributed by atoms with Gasteiger partial charge in [-0.2, -0.15) is 0 Å². The Hall–Kier alpha value is -1.13. The molecule has 0 saturated carbocycles. The Morgan fingerprint density at radius 1 is 1.54 bits per heavy atom. The van der Waals surface area contributed by atoms with Crippen LogP contribution < -0.4 is 0 Å². The van der Waals surface area contributed by atoms with Crippen LogP contribution in [-0.2, 0) is 4.79 Å². The van der Waals surface area contributed by atoms with Crippen LogP contribution in [0.3, 0.4) is 0 Å². The Morgan fingerprint density at radius 2 is 2.15 bits per heavy atom. The molecule has 0 aliphatic heterocycles. The first-order valence-electron chi connectivity index (χ1n) is 4.01. The number of aliphatic hydroxyl groups excluding tert-OH is 2. The third-order valence-electron chi connectivity index (χ3n) is 2.13. The lowest BCUT2D eigenvalue weighted by Crippen LogP contribution is -2.32. The van der Waals surface area contributed by atoms with Crippen molar-refractivity contribution in [2.45, 2.75) is 19.1 Å². The lowest BCUT2D eigenvalue weighted by molar-refractivity contribution is -0.140. The van der Waals surface area contributed by atoms with Crippen LogP contribution in [0.15, 0.2) is 23.8 Å². The van der Waals surface area contributed by atoms with Crippen LogP contribution in [0.2, 0.25) is 0 Å². The summed E-state index contributed by atoms with van der Waals surface area (Å²) in [5, 5.41) is 27.3. The summed E-state index contributed by atoms with van der Waals surface area (Å²) in [5.74, 6) is -1.78. The second kappa shape index (κ2) is 3.72. The van der Waals surface area contributed by atoms with E-state index in [9.17, 15) is 15.0 Å². The van der Waals surface area contributed by atoms with Crippen molar-refractivity contribution in [3.05, 3.63) is 23.8 Å². The Morgan fingerprint density at radius 3 is 2.69 bits per heavy atom. The maximum Gasteiger partial charge on any atom is 0.310 e. The van der Waals surface area contributed by atoms with Gasteiger partial charge in [0, 0.05) is 0 Å². The molecule has 0 heterocycles. The number of aliphatic carboxylic acids is 1. The minimum atomic E-state index is -1.10. The summed E-state index contributed by atoms with van der Waals surface area (Å²) in [4.78, 5) is 10.6. The average Bonchev–Trinajstić information content (AvgIpc) is 2.08. The Bertz CT molecular complexity index is 267. The minimum absolute atomic E-state index is 0.336. The van der Waals surface area contributed by atoms with Crippen LogP contribution in [0.25, 0.3) is 0 Å². The van der Waals surface area contributed by atoms with E-state index < -0.39 is 24.1 Å². The Kier molecular flexibility index (Phi) is 2.85. The van der Waals surface area contributed by atoms with E-state index >= 15 is 0 Å². The predicted octanol–water partition coefficient (Wildman–Crippen LogP) is -0.0749. The van der Waals surface area contributed by atoms with E-state index in [2.05, 4.69) is 0 Å². The smallest absolute Gasteiger partial charge is 0.310 e. The summed E-state index contributed by atoms with van der Waals surface area (Å²) < 4.78 is 0. The molecule has 0 amide bonds. The molecule has 13 heavy (non-hydrogen) atoms. The molecule has 0 spiro atoms. The van der Waals surface area contributed by atoms with Crippen LogP contribution in [0.1, 0.15) is 6.92 Å². The third-order valence-corrected chi connectivity index (χ3v) is 2.13. The number of rotatable bonds is 2. The fraction of sp³-hybridized carbons (Fsp3) is 0.444. The monoisotopic (exact) mass is 184 g/mol. The molecule has 0 saturated heterocycles. The number of carboxylic acid groups (broad SMARTS) is 1. The SMILES string of the molecule is CC(C(=O)O)C1=CC=C[C@H](O)[C@@H]1O. The normalized spacial score (nSPS) is 29.6. The van der Waals surface area contributed by atoms with Gasteiger partial charge < -0.3 is 15.3 Å². The number of hydrogen-bond acceptors (Lipinski definition) is 3. The van der Waals surface area contributed by atoms with E-state index in [1.54, 1.807) is 6.08 Å². The molecule has 0 aromatic rings. The molecule has 4 heteroatoms. The highest BCUT2D eigenvalue weighted by atomic mass is 16.4. The molecule has 0 fully saturated rings. The zero-order valence-electron chi connectivity index (χ0n) is 7.21. The highest BCUT2D eigenvalue weighted by Gasteiger charge is 2.28. The van der Waals surface area contributed by atoms with Gasteiger partial charge in [-0.1, -0.05) is 18.2 Å². The first-order valence-corrected chi connectivity index (χ1v) is 4.01. The van der Waals surface area contributed by atoms with Gasteiger partial charge in [0.2, 0.25) is 0 Å². The molecule has 3 N–H and O–H groups in total. The number of hydrogen-bond donors (Lipinski definition) is 3. The maximum atomic E-state index is 10.6. The summed E-state index contributed by atoms with van der Waals surface area (Å²) >= 11 is 0. The van der Waals surface area contributed by atoms with Crippen molar-refractivity contribution in [3.8, 4) is 0 Å². The number of aliphatic hydroxyl groups is 2. The van der Waals surface area contributed by atoms with Crippen molar-refractivity contribution in [3.63, 3.8) is 0 Å². The summed E-state index contributed by atoms with van der Waals surface area (Å²) in [7, 11) is 0. The van der Waals surface area contributed by atoms with Crippen molar-refractivity contribution < 1.29 is 20.1 Å². The Labute approximate surface area is 75.8 Å². The summed E-state index contributed by atoms with van der Waals surface area (Å²) in [6, 6.07) is 0. The largest absolute Gasteiger partial charge is 0.481 e. The molecule has 72 valence electrons. The van der Waals surface area contributed by atoms with Gasteiger partial charge in [0.25, 0.3) is 0 Å². The predicted molar refractivity (Wildman–Crippen MR) is 46.0 cm³/mol. The van der Waals surface area contributed by atoms with Crippen LogP contribution in [0, 0.1) is 5.92 Å². The van der Waals surface area contributed by atoms with Gasteiger partial charge in [-0.15, -0.1) is 0 Å². The van der Waals surface area contributed by atoms with E-state index in [4.69, 9.17) is 5.11 Å². The van der Waals surface area contributed by atoms with Crippen molar-refractivity contribution in [2.24, 2.45) is 5.92 Å². The van der Waals surface area contributed by atoms with Crippen molar-refractivity contribution in [2.75, 3.05) is 0 Å². The van der Waals surface area contributed by atoms with E-state index in [-0.39, 0.29) is 0 Å². The van der Waals surface area contributed by atoms with Gasteiger partial charge in [0.15, 0.2) is 0 Å². The third kappa shape index (κ3) is 1.96. The van der Waals surface area contributed by atoms with Gasteiger partial charge in [-0.05, 0) is 12.5 Å². The molecule has 0 aromatic carbocycles. The van der Waals surface area contributed by atoms with Crippen LogP contribution in [-0.4, -0.2) is 33.5 Å². The van der Waals surface area contributed by atoms with Gasteiger partial charge in [-0.25, -0.2) is 0 Å². The highest BCUT2D eigenvalue weighted by molar-refractivity contribution is 5.73. The molecule has 1 aliphatic rings. The molecule has 1 unspecified atom stereocenters. The standard InChI is InChI=1S/C9H12O4/c1-5(9(12)13)6-3-2-4-7(10)8(6)11/h2-5,7-8,10-11H,1H3,(H,12,13)/t5?,7-,8+/m0/s1. The molecule has 0 aromatic heterocycles. The topological polar surface area (TPSA) is 77.8 Å². The fourth-order valence-corrected chi connectivity index (χ4v) is 1.22. The van der Waals surface area contributed by atoms with Crippen molar-refractivity contribution in [1.29, 1.82) is 0 Å². The zero-order valence-corrected chi connectivity index (χ0v) is 7.21. The lowest BCUT2D eigenvalue weighted by Gasteiger charge is -2.23. The number of allylic oxidation sites excluding steroid dienone is 2.